The van der Waals surface area contributed by atoms with Gasteiger partial charge in [0.25, 0.3) is 0 Å². The number of nitrogens with zero attached hydrogens (tertiary/aromatic N) is 3. The van der Waals surface area contributed by atoms with Crippen LogP contribution in [-0.4, -0.2) is 32.3 Å². The number of allylic oxidation sites excluding steroid dienone is 1. The normalized spacial score (nSPS) is 12.3. The van der Waals surface area contributed by atoms with E-state index in [1.54, 1.807) is 59.9 Å². The van der Waals surface area contributed by atoms with Crippen molar-refractivity contribution in [3.05, 3.63) is 65.4 Å². The molecular weight excluding hydrogens is 464 g/mol. The fourth-order valence-electron chi connectivity index (χ4n) is 3.72. The second-order valence-electron chi connectivity index (χ2n) is 11.4. The first kappa shape index (κ1) is 27.8. The van der Waals surface area contributed by atoms with Gasteiger partial charge < -0.3 is 5.73 Å². The van der Waals surface area contributed by atoms with Crippen molar-refractivity contribution in [2.45, 2.75) is 67.2 Å². The lowest BCUT2D eigenvalue weighted by molar-refractivity contribution is -0.114. The maximum absolute atomic E-state index is 13.0. The van der Waals surface area contributed by atoms with Crippen LogP contribution in [0.2, 0.25) is 0 Å². The molecule has 7 nitrogen and oxygen atoms in total. The van der Waals surface area contributed by atoms with Gasteiger partial charge >= 0.3 is 0 Å². The maximum atomic E-state index is 13.0. The van der Waals surface area contributed by atoms with Crippen LogP contribution in [0.3, 0.4) is 0 Å². The molecule has 7 heteroatoms. The molecule has 3 rings (SSSR count). The summed E-state index contributed by atoms with van der Waals surface area (Å²) in [5.41, 5.74) is 7.46. The number of para-hydroxylation sites is 1. The third-order valence-electron chi connectivity index (χ3n) is 5.97. The Bertz CT molecular complexity index is 1360. The van der Waals surface area contributed by atoms with Crippen LogP contribution in [-0.2, 0) is 11.2 Å². The molecule has 37 heavy (non-hydrogen) atoms. The van der Waals surface area contributed by atoms with Crippen molar-refractivity contribution >= 4 is 40.0 Å². The number of Topliss-reactive ketones (excluding diaryl/α,β-unsaturated/α-hetero) is 2. The molecule has 0 unspecified atom stereocenters. The van der Waals surface area contributed by atoms with Crippen molar-refractivity contribution in [3.63, 3.8) is 0 Å². The van der Waals surface area contributed by atoms with Crippen molar-refractivity contribution in [1.82, 2.24) is 15.0 Å². The molecule has 3 aromatic rings. The van der Waals surface area contributed by atoms with Crippen LogP contribution in [0, 0.1) is 10.8 Å². The van der Waals surface area contributed by atoms with E-state index >= 15 is 0 Å². The van der Waals surface area contributed by atoms with Crippen LogP contribution in [0.1, 0.15) is 93.2 Å². The summed E-state index contributed by atoms with van der Waals surface area (Å²) in [4.78, 5) is 51.5. The second-order valence-corrected chi connectivity index (χ2v) is 11.4. The molecule has 1 aromatic carbocycles. The zero-order valence-corrected chi connectivity index (χ0v) is 22.6. The Balaban J connectivity index is 1.68. The second kappa shape index (κ2) is 11.1. The molecule has 0 fully saturated rings. The first-order valence-electron chi connectivity index (χ1n) is 12.6. The molecular formula is C30H36N4O3. The van der Waals surface area contributed by atoms with Crippen LogP contribution >= 0.6 is 0 Å². The Hall–Kier alpha value is -3.74. The lowest BCUT2D eigenvalue weighted by atomic mass is 9.87. The topological polar surface area (TPSA) is 116 Å². The van der Waals surface area contributed by atoms with Crippen LogP contribution in [0.15, 0.2) is 42.6 Å². The van der Waals surface area contributed by atoms with Crippen LogP contribution in [0.4, 0.5) is 5.69 Å². The lowest BCUT2D eigenvalue weighted by Crippen LogP contribution is -2.28. The van der Waals surface area contributed by atoms with Gasteiger partial charge in [0, 0.05) is 28.8 Å². The summed E-state index contributed by atoms with van der Waals surface area (Å²) >= 11 is 0. The predicted molar refractivity (Wildman–Crippen MR) is 147 cm³/mol. The van der Waals surface area contributed by atoms with Gasteiger partial charge in [0.2, 0.25) is 5.78 Å². The molecule has 2 heterocycles. The zero-order valence-electron chi connectivity index (χ0n) is 22.6. The molecule has 0 bridgehead atoms. The summed E-state index contributed by atoms with van der Waals surface area (Å²) in [5.74, 6) is -0.469. The third-order valence-corrected chi connectivity index (χ3v) is 5.97. The van der Waals surface area contributed by atoms with Gasteiger partial charge in [-0.25, -0.2) is 9.97 Å². The van der Waals surface area contributed by atoms with E-state index in [-0.39, 0.29) is 34.6 Å². The number of benzene rings is 1. The minimum atomic E-state index is -0.707. The van der Waals surface area contributed by atoms with Crippen molar-refractivity contribution in [1.29, 1.82) is 0 Å². The molecule has 0 saturated heterocycles. The Labute approximate surface area is 218 Å². The Morgan fingerprint density at radius 1 is 0.919 bits per heavy atom. The Morgan fingerprint density at radius 2 is 1.59 bits per heavy atom. The van der Waals surface area contributed by atoms with E-state index in [2.05, 4.69) is 15.0 Å². The number of pyridine rings is 1. The number of aryl methyl sites for hydroxylation is 1. The van der Waals surface area contributed by atoms with Crippen molar-refractivity contribution in [2.24, 2.45) is 10.8 Å². The molecule has 0 atom stereocenters. The van der Waals surface area contributed by atoms with Crippen LogP contribution < -0.4 is 5.73 Å². The highest BCUT2D eigenvalue weighted by atomic mass is 16.1. The smallest absolute Gasteiger partial charge is 0.205 e. The van der Waals surface area contributed by atoms with Crippen molar-refractivity contribution in [3.8, 4) is 0 Å². The highest BCUT2D eigenvalue weighted by Crippen LogP contribution is 2.28. The van der Waals surface area contributed by atoms with Gasteiger partial charge in [0.05, 0.1) is 16.9 Å². The molecule has 0 aliphatic carbocycles. The number of hydrogen-bond donors (Lipinski definition) is 1. The number of nitrogen functional groups attached to an aromatic ring is 1. The molecule has 0 aliphatic rings. The van der Waals surface area contributed by atoms with Gasteiger partial charge in [-0.1, -0.05) is 59.7 Å². The number of hydrogen-bond acceptors (Lipinski definition) is 7. The minimum absolute atomic E-state index is 0.00676. The van der Waals surface area contributed by atoms with Gasteiger partial charge in [-0.3, -0.25) is 19.4 Å². The summed E-state index contributed by atoms with van der Waals surface area (Å²) in [5, 5.41) is 1.02. The largest absolute Gasteiger partial charge is 0.395 e. The molecule has 0 aliphatic heterocycles. The molecule has 194 valence electrons. The predicted octanol–water partition coefficient (Wildman–Crippen LogP) is 6.06. The summed E-state index contributed by atoms with van der Waals surface area (Å²) in [6, 6.07) is 9.83. The van der Waals surface area contributed by atoms with Gasteiger partial charge in [-0.2, -0.15) is 0 Å². The number of carbonyl (C=O) groups is 3. The molecule has 0 amide bonds. The van der Waals surface area contributed by atoms with E-state index in [0.29, 0.717) is 31.4 Å². The summed E-state index contributed by atoms with van der Waals surface area (Å²) < 4.78 is 0. The quantitative estimate of drug-likeness (QED) is 0.216. The fourth-order valence-corrected chi connectivity index (χ4v) is 3.72. The van der Waals surface area contributed by atoms with Gasteiger partial charge in [0.15, 0.2) is 17.4 Å². The van der Waals surface area contributed by atoms with Gasteiger partial charge in [0.1, 0.15) is 5.69 Å². The molecule has 0 radical (unpaired) electrons. The van der Waals surface area contributed by atoms with Crippen molar-refractivity contribution in [2.75, 3.05) is 5.73 Å². The van der Waals surface area contributed by atoms with Crippen LogP contribution in [0.25, 0.3) is 17.0 Å². The maximum Gasteiger partial charge on any atom is 0.205 e. The summed E-state index contributed by atoms with van der Waals surface area (Å²) in [6.45, 7) is 10.7. The van der Waals surface area contributed by atoms with E-state index in [9.17, 15) is 14.4 Å². The number of aromatic nitrogens is 3. The third kappa shape index (κ3) is 7.15. The number of ketones is 3. The number of nitrogens with two attached hydrogens (primary N) is 1. The van der Waals surface area contributed by atoms with Crippen LogP contribution in [0.5, 0.6) is 0 Å². The molecule has 2 N–H and O–H groups in total. The zero-order chi connectivity index (χ0) is 27.4. The average molecular weight is 501 g/mol. The summed E-state index contributed by atoms with van der Waals surface area (Å²) in [7, 11) is 0. The monoisotopic (exact) mass is 500 g/mol. The molecule has 0 spiro atoms. The number of fused-ring (bicyclic) bond motifs is 1. The van der Waals surface area contributed by atoms with E-state index < -0.39 is 10.8 Å². The van der Waals surface area contributed by atoms with Gasteiger partial charge in [-0.05, 0) is 49.1 Å². The number of unbranched alkanes of at least 4 members (excludes halogenated alkanes) is 1. The standard InChI is InChI=1S/C30H36N4O3/c1-29(2,3)26(36)25-24(31)23(33-28(34-25)27(37)30(4,5)6)14-10-8-12-21(35)16-15-19-17-20-11-7-9-13-22(20)32-18-19/h7,9,11,13,15-18H,8,10,12,14,31H2,1-6H3. The highest BCUT2D eigenvalue weighted by Gasteiger charge is 2.32. The molecule has 0 saturated carbocycles. The lowest BCUT2D eigenvalue weighted by Gasteiger charge is -2.21. The van der Waals surface area contributed by atoms with Crippen molar-refractivity contribution < 1.29 is 14.4 Å². The molecule has 2 aromatic heterocycles. The van der Waals surface area contributed by atoms with E-state index in [0.717, 1.165) is 16.5 Å². The fraction of sp³-hybridized carbons (Fsp3) is 0.400. The highest BCUT2D eigenvalue weighted by molar-refractivity contribution is 6.04. The van der Waals surface area contributed by atoms with E-state index in [4.69, 9.17) is 5.73 Å². The Morgan fingerprint density at radius 3 is 2.27 bits per heavy atom. The van der Waals surface area contributed by atoms with E-state index in [1.807, 2.05) is 30.3 Å². The number of anilines is 1. The average Bonchev–Trinajstić information content (AvgIpc) is 2.84. The first-order chi connectivity index (χ1) is 17.3. The SMILES string of the molecule is CC(C)(C)C(=O)c1nc(CCCCC(=O)C=Cc2cnc3ccccc3c2)c(N)c(C(=O)C(C)(C)C)n1. The first-order valence-corrected chi connectivity index (χ1v) is 12.6. The van der Waals surface area contributed by atoms with E-state index in [1.165, 1.54) is 0 Å². The summed E-state index contributed by atoms with van der Waals surface area (Å²) in [6.07, 6.45) is 7.15. The Kier molecular flexibility index (Phi) is 8.36. The van der Waals surface area contributed by atoms with Gasteiger partial charge in [-0.15, -0.1) is 0 Å². The number of rotatable bonds is 9. The number of carbonyl (C=O) groups excluding carboxylic acids is 3. The minimum Gasteiger partial charge on any atom is -0.395 e.